The molecule has 1 saturated heterocycles. The molecule has 0 aromatic carbocycles. The van der Waals surface area contributed by atoms with Gasteiger partial charge in [-0.3, -0.25) is 9.69 Å². The van der Waals surface area contributed by atoms with E-state index in [9.17, 15) is 13.2 Å². The van der Waals surface area contributed by atoms with Crippen LogP contribution in [-0.2, 0) is 19.4 Å². The molecule has 5 nitrogen and oxygen atoms in total. The topological polar surface area (TPSA) is 63.7 Å². The fourth-order valence-corrected chi connectivity index (χ4v) is 2.95. The first-order valence-electron chi connectivity index (χ1n) is 6.52. The Hall–Kier alpha value is -0.620. The summed E-state index contributed by atoms with van der Waals surface area (Å²) in [6.45, 7) is 3.70. The second kappa shape index (κ2) is 7.09. The van der Waals surface area contributed by atoms with Crippen molar-refractivity contribution in [2.24, 2.45) is 0 Å². The molecule has 18 heavy (non-hydrogen) atoms. The monoisotopic (exact) mass is 277 g/mol. The Kier molecular flexibility index (Phi) is 6.08. The van der Waals surface area contributed by atoms with E-state index in [4.69, 9.17) is 4.74 Å². The predicted molar refractivity (Wildman–Crippen MR) is 70.2 cm³/mol. The van der Waals surface area contributed by atoms with Crippen LogP contribution in [0.2, 0.25) is 0 Å². The highest BCUT2D eigenvalue weighted by atomic mass is 32.2. The van der Waals surface area contributed by atoms with Crippen molar-refractivity contribution in [2.75, 3.05) is 31.7 Å². The van der Waals surface area contributed by atoms with E-state index in [1.807, 2.05) is 0 Å². The van der Waals surface area contributed by atoms with Gasteiger partial charge in [-0.05, 0) is 39.3 Å². The highest BCUT2D eigenvalue weighted by Crippen LogP contribution is 2.18. The van der Waals surface area contributed by atoms with E-state index >= 15 is 0 Å². The number of nitrogens with zero attached hydrogens (tertiary/aromatic N) is 1. The molecule has 0 bridgehead atoms. The summed E-state index contributed by atoms with van der Waals surface area (Å²) in [4.78, 5) is 13.8. The lowest BCUT2D eigenvalue weighted by Crippen LogP contribution is -2.46. The predicted octanol–water partition coefficient (Wildman–Crippen LogP) is 0.839. The van der Waals surface area contributed by atoms with Crippen LogP contribution in [-0.4, -0.2) is 57.0 Å². The van der Waals surface area contributed by atoms with E-state index < -0.39 is 9.84 Å². The summed E-state index contributed by atoms with van der Waals surface area (Å²) in [6, 6.07) is -0.182. The number of rotatable bonds is 6. The maximum absolute atomic E-state index is 11.8. The number of ether oxygens (including phenoxy) is 1. The van der Waals surface area contributed by atoms with Gasteiger partial charge < -0.3 is 4.74 Å². The van der Waals surface area contributed by atoms with Crippen LogP contribution < -0.4 is 0 Å². The van der Waals surface area contributed by atoms with Crippen molar-refractivity contribution >= 4 is 15.8 Å². The molecule has 106 valence electrons. The van der Waals surface area contributed by atoms with Gasteiger partial charge in [-0.1, -0.05) is 6.42 Å². The van der Waals surface area contributed by atoms with Crippen molar-refractivity contribution in [3.05, 3.63) is 0 Å². The zero-order valence-corrected chi connectivity index (χ0v) is 12.0. The molecule has 0 aromatic rings. The van der Waals surface area contributed by atoms with Crippen LogP contribution in [0.4, 0.5) is 0 Å². The van der Waals surface area contributed by atoms with E-state index in [0.29, 0.717) is 19.6 Å². The molecule has 0 radical (unpaired) electrons. The van der Waals surface area contributed by atoms with Gasteiger partial charge in [0, 0.05) is 6.26 Å². The number of hydrogen-bond acceptors (Lipinski definition) is 5. The molecular weight excluding hydrogens is 254 g/mol. The number of carbonyl (C=O) groups excluding carboxylic acids is 1. The molecule has 0 aromatic heterocycles. The molecule has 0 saturated carbocycles. The SMILES string of the molecule is CCOC(=O)C1CCCCN1CCCS(C)(=O)=O. The smallest absolute Gasteiger partial charge is 0.323 e. The molecule has 0 N–H and O–H groups in total. The van der Waals surface area contributed by atoms with E-state index in [0.717, 1.165) is 25.8 Å². The molecule has 1 aliphatic rings. The van der Waals surface area contributed by atoms with Crippen molar-refractivity contribution in [2.45, 2.75) is 38.6 Å². The van der Waals surface area contributed by atoms with Crippen LogP contribution in [0, 0.1) is 0 Å². The van der Waals surface area contributed by atoms with Crippen molar-refractivity contribution < 1.29 is 17.9 Å². The number of carbonyl (C=O) groups is 1. The molecule has 1 unspecified atom stereocenters. The minimum Gasteiger partial charge on any atom is -0.465 e. The molecule has 1 heterocycles. The molecule has 1 aliphatic heterocycles. The van der Waals surface area contributed by atoms with Crippen molar-refractivity contribution in [1.82, 2.24) is 4.90 Å². The van der Waals surface area contributed by atoms with Crippen LogP contribution in [0.5, 0.6) is 0 Å². The Morgan fingerprint density at radius 2 is 2.11 bits per heavy atom. The van der Waals surface area contributed by atoms with Gasteiger partial charge in [-0.15, -0.1) is 0 Å². The fourth-order valence-electron chi connectivity index (χ4n) is 2.29. The zero-order chi connectivity index (χ0) is 13.6. The van der Waals surface area contributed by atoms with Crippen LogP contribution in [0.1, 0.15) is 32.6 Å². The third-order valence-corrected chi connectivity index (χ3v) is 4.16. The maximum atomic E-state index is 11.8. The zero-order valence-electron chi connectivity index (χ0n) is 11.2. The number of likely N-dealkylation sites (tertiary alicyclic amines) is 1. The average molecular weight is 277 g/mol. The fraction of sp³-hybridized carbons (Fsp3) is 0.917. The van der Waals surface area contributed by atoms with Crippen molar-refractivity contribution in [1.29, 1.82) is 0 Å². The second-order valence-corrected chi connectivity index (χ2v) is 7.04. The maximum Gasteiger partial charge on any atom is 0.323 e. The van der Waals surface area contributed by atoms with Gasteiger partial charge in [0.25, 0.3) is 0 Å². The normalized spacial score (nSPS) is 21.8. The molecule has 1 fully saturated rings. The summed E-state index contributed by atoms with van der Waals surface area (Å²) in [7, 11) is -2.92. The standard InChI is InChI=1S/C12H23NO4S/c1-3-17-12(14)11-7-4-5-8-13(11)9-6-10-18(2,15)16/h11H,3-10H2,1-2H3. The second-order valence-electron chi connectivity index (χ2n) is 4.78. The molecule has 0 aliphatic carbocycles. The Morgan fingerprint density at radius 3 is 2.72 bits per heavy atom. The highest BCUT2D eigenvalue weighted by Gasteiger charge is 2.29. The lowest BCUT2D eigenvalue weighted by molar-refractivity contribution is -0.150. The third-order valence-electron chi connectivity index (χ3n) is 3.13. The van der Waals surface area contributed by atoms with Gasteiger partial charge in [0.15, 0.2) is 0 Å². The molecule has 0 spiro atoms. The van der Waals surface area contributed by atoms with E-state index in [1.165, 1.54) is 6.26 Å². The first kappa shape index (κ1) is 15.4. The minimum absolute atomic E-state index is 0.170. The Bertz CT molecular complexity index is 366. The molecule has 1 rings (SSSR count). The Balaban J connectivity index is 2.47. The van der Waals surface area contributed by atoms with Gasteiger partial charge in [0.1, 0.15) is 15.9 Å². The first-order chi connectivity index (χ1) is 8.44. The van der Waals surface area contributed by atoms with Crippen LogP contribution >= 0.6 is 0 Å². The molecular formula is C12H23NO4S. The molecule has 0 amide bonds. The van der Waals surface area contributed by atoms with Crippen LogP contribution in [0.3, 0.4) is 0 Å². The van der Waals surface area contributed by atoms with Gasteiger partial charge in [-0.25, -0.2) is 8.42 Å². The van der Waals surface area contributed by atoms with Crippen LogP contribution in [0.15, 0.2) is 0 Å². The quantitative estimate of drug-likeness (QED) is 0.673. The Morgan fingerprint density at radius 1 is 1.39 bits per heavy atom. The van der Waals surface area contributed by atoms with Crippen molar-refractivity contribution in [3.8, 4) is 0 Å². The lowest BCUT2D eigenvalue weighted by Gasteiger charge is -2.33. The van der Waals surface area contributed by atoms with Gasteiger partial charge >= 0.3 is 5.97 Å². The number of sulfone groups is 1. The largest absolute Gasteiger partial charge is 0.465 e. The molecule has 1 atom stereocenters. The summed E-state index contributed by atoms with van der Waals surface area (Å²) in [6.07, 6.45) is 4.74. The molecule has 6 heteroatoms. The third kappa shape index (κ3) is 5.35. The van der Waals surface area contributed by atoms with E-state index in [1.54, 1.807) is 6.92 Å². The number of esters is 1. The lowest BCUT2D eigenvalue weighted by atomic mass is 10.0. The van der Waals surface area contributed by atoms with Gasteiger partial charge in [-0.2, -0.15) is 0 Å². The van der Waals surface area contributed by atoms with E-state index in [2.05, 4.69) is 4.90 Å². The number of hydrogen-bond donors (Lipinski definition) is 0. The summed E-state index contributed by atoms with van der Waals surface area (Å²) >= 11 is 0. The van der Waals surface area contributed by atoms with Crippen LogP contribution in [0.25, 0.3) is 0 Å². The number of piperidine rings is 1. The van der Waals surface area contributed by atoms with Gasteiger partial charge in [0.05, 0.1) is 12.4 Å². The summed E-state index contributed by atoms with van der Waals surface area (Å²) in [5.41, 5.74) is 0. The van der Waals surface area contributed by atoms with Gasteiger partial charge in [0.2, 0.25) is 0 Å². The first-order valence-corrected chi connectivity index (χ1v) is 8.58. The average Bonchev–Trinajstić information content (AvgIpc) is 2.28. The van der Waals surface area contributed by atoms with E-state index in [-0.39, 0.29) is 17.8 Å². The Labute approximate surface area is 109 Å². The highest BCUT2D eigenvalue weighted by molar-refractivity contribution is 7.90. The minimum atomic E-state index is -2.92. The summed E-state index contributed by atoms with van der Waals surface area (Å²) in [5, 5.41) is 0. The van der Waals surface area contributed by atoms with Crippen molar-refractivity contribution in [3.63, 3.8) is 0 Å². The summed E-state index contributed by atoms with van der Waals surface area (Å²) in [5.74, 6) is 0.00975. The summed E-state index contributed by atoms with van der Waals surface area (Å²) < 4.78 is 27.2.